The molecule has 2 aromatic rings. The minimum absolute atomic E-state index is 0.0144. The van der Waals surface area contributed by atoms with Gasteiger partial charge in [-0.3, -0.25) is 9.69 Å². The van der Waals surface area contributed by atoms with E-state index in [9.17, 15) is 28.2 Å². The van der Waals surface area contributed by atoms with Crippen molar-refractivity contribution in [2.45, 2.75) is 61.4 Å². The molecule has 1 aliphatic heterocycles. The lowest BCUT2D eigenvalue weighted by molar-refractivity contribution is -0.175. The Bertz CT molecular complexity index is 1340. The molecule has 4 atom stereocenters. The van der Waals surface area contributed by atoms with E-state index in [1.165, 1.54) is 31.4 Å². The predicted molar refractivity (Wildman–Crippen MR) is 146 cm³/mol. The van der Waals surface area contributed by atoms with Crippen LogP contribution in [0.15, 0.2) is 55.1 Å². The Morgan fingerprint density at radius 1 is 1.27 bits per heavy atom. The van der Waals surface area contributed by atoms with Gasteiger partial charge in [-0.05, 0) is 74.1 Å². The summed E-state index contributed by atoms with van der Waals surface area (Å²) in [7, 11) is 3.21. The first-order valence-corrected chi connectivity index (χ1v) is 13.5. The van der Waals surface area contributed by atoms with Crippen LogP contribution >= 0.6 is 0 Å². The number of hydrogen-bond donors (Lipinski definition) is 2. The Labute approximate surface area is 232 Å². The van der Waals surface area contributed by atoms with Crippen LogP contribution in [0.4, 0.5) is 13.2 Å². The second kappa shape index (κ2) is 10.3. The van der Waals surface area contributed by atoms with Crippen molar-refractivity contribution >= 4 is 12.0 Å². The number of carbonyl (C=O) groups is 1. The molecular weight excluding hydrogens is 521 g/mol. The van der Waals surface area contributed by atoms with Crippen LogP contribution in [0.5, 0.6) is 11.5 Å². The molecule has 2 fully saturated rings. The van der Waals surface area contributed by atoms with Crippen LogP contribution in [0, 0.1) is 0 Å². The number of benzene rings is 2. The Morgan fingerprint density at radius 3 is 2.75 bits per heavy atom. The van der Waals surface area contributed by atoms with Crippen LogP contribution in [-0.2, 0) is 22.8 Å². The van der Waals surface area contributed by atoms with Gasteiger partial charge in [-0.25, -0.2) is 0 Å². The molecule has 2 aromatic carbocycles. The second-order valence-corrected chi connectivity index (χ2v) is 11.2. The Balaban J connectivity index is 1.47. The van der Waals surface area contributed by atoms with Crippen LogP contribution in [0.3, 0.4) is 0 Å². The average molecular weight is 557 g/mol. The number of halogens is 3. The quantitative estimate of drug-likeness (QED) is 0.390. The highest BCUT2D eigenvalue weighted by molar-refractivity contribution is 5.91. The number of aliphatic hydroxyl groups is 1. The molecule has 2 N–H and O–H groups in total. The molecule has 9 heteroatoms. The number of likely N-dealkylation sites (tertiary alicyclic amines) is 1. The standard InChI is InChI=1S/C31H35F3N2O4/c1-4-15-36-16-14-29-19-23(35(2)26(38)11-8-20-6-5-7-22(17-20)31(32,33)34)12-13-30(29,39)25(36)18-21-9-10-24(37)28(40-3)27(21)29/h4-11,17,23,25,37,39H,1,12-16,18-19H2,2-3H3/t23-,25-,29-,30-/m1/s1. The molecule has 3 aliphatic rings. The van der Waals surface area contributed by atoms with Crippen molar-refractivity contribution in [3.05, 3.63) is 77.4 Å². The SMILES string of the molecule is C=CCN1CC[C@]23C[C@H](N(C)C(=O)C=Cc4cccc(C(F)(F)F)c4)CC[C@@]2(O)[C@H]1Cc1ccc(O)c(OC)c13. The van der Waals surface area contributed by atoms with E-state index >= 15 is 0 Å². The third-order valence-electron chi connectivity index (χ3n) is 9.30. The monoisotopic (exact) mass is 556 g/mol. The minimum Gasteiger partial charge on any atom is -0.504 e. The maximum Gasteiger partial charge on any atom is 0.416 e. The third-order valence-corrected chi connectivity index (χ3v) is 9.30. The summed E-state index contributed by atoms with van der Waals surface area (Å²) in [5.41, 5.74) is -0.515. The molecule has 0 aromatic heterocycles. The number of likely N-dealkylation sites (N-methyl/N-ethyl adjacent to an activating group) is 1. The number of phenols is 1. The summed E-state index contributed by atoms with van der Waals surface area (Å²) in [6, 6.07) is 7.99. The van der Waals surface area contributed by atoms with Gasteiger partial charge in [0.25, 0.3) is 0 Å². The molecule has 2 aliphatic carbocycles. The summed E-state index contributed by atoms with van der Waals surface area (Å²) in [5.74, 6) is 0.0509. The molecule has 40 heavy (non-hydrogen) atoms. The van der Waals surface area contributed by atoms with Crippen LogP contribution in [0.1, 0.15) is 47.9 Å². The number of fused-ring (bicyclic) bond motifs is 1. The summed E-state index contributed by atoms with van der Waals surface area (Å²) < 4.78 is 45.0. The number of amides is 1. The van der Waals surface area contributed by atoms with E-state index in [-0.39, 0.29) is 29.3 Å². The van der Waals surface area contributed by atoms with E-state index in [1.807, 2.05) is 12.1 Å². The highest BCUT2D eigenvalue weighted by Gasteiger charge is 2.66. The van der Waals surface area contributed by atoms with Crippen molar-refractivity contribution in [1.29, 1.82) is 0 Å². The van der Waals surface area contributed by atoms with E-state index in [2.05, 4.69) is 11.5 Å². The normalized spacial score (nSPS) is 28.1. The van der Waals surface area contributed by atoms with E-state index < -0.39 is 22.8 Å². The Hall–Kier alpha value is -3.30. The fourth-order valence-corrected chi connectivity index (χ4v) is 7.37. The average Bonchev–Trinajstić information content (AvgIpc) is 2.92. The van der Waals surface area contributed by atoms with E-state index in [0.717, 1.165) is 29.8 Å². The molecule has 6 nitrogen and oxygen atoms in total. The van der Waals surface area contributed by atoms with Crippen molar-refractivity contribution < 1.29 is 32.9 Å². The summed E-state index contributed by atoms with van der Waals surface area (Å²) in [5, 5.41) is 23.2. The van der Waals surface area contributed by atoms with Gasteiger partial charge in [-0.2, -0.15) is 13.2 Å². The molecule has 1 saturated carbocycles. The Kier molecular flexibility index (Phi) is 7.25. The molecule has 5 rings (SSSR count). The van der Waals surface area contributed by atoms with Gasteiger partial charge in [-0.1, -0.05) is 24.3 Å². The van der Waals surface area contributed by atoms with Gasteiger partial charge >= 0.3 is 6.18 Å². The molecule has 1 heterocycles. The van der Waals surface area contributed by atoms with Crippen LogP contribution in [0.2, 0.25) is 0 Å². The summed E-state index contributed by atoms with van der Waals surface area (Å²) in [6.45, 7) is 5.26. The lowest BCUT2D eigenvalue weighted by Crippen LogP contribution is -2.74. The molecule has 2 bridgehead atoms. The Morgan fingerprint density at radius 2 is 2.05 bits per heavy atom. The summed E-state index contributed by atoms with van der Waals surface area (Å²) in [4.78, 5) is 17.1. The van der Waals surface area contributed by atoms with Crippen molar-refractivity contribution in [2.75, 3.05) is 27.2 Å². The summed E-state index contributed by atoms with van der Waals surface area (Å²) >= 11 is 0. The van der Waals surface area contributed by atoms with Crippen molar-refractivity contribution in [1.82, 2.24) is 9.80 Å². The molecule has 1 amide bonds. The molecular formula is C31H35F3N2O4. The zero-order chi connectivity index (χ0) is 28.9. The highest BCUT2D eigenvalue weighted by atomic mass is 19.4. The number of phenolic OH excluding ortho intramolecular Hbond substituents is 1. The van der Waals surface area contributed by atoms with E-state index in [4.69, 9.17) is 4.74 Å². The number of ether oxygens (including phenoxy) is 1. The van der Waals surface area contributed by atoms with Gasteiger partial charge in [-0.15, -0.1) is 6.58 Å². The van der Waals surface area contributed by atoms with Gasteiger partial charge < -0.3 is 19.8 Å². The molecule has 1 saturated heterocycles. The fourth-order valence-electron chi connectivity index (χ4n) is 7.37. The first kappa shape index (κ1) is 28.2. The summed E-state index contributed by atoms with van der Waals surface area (Å²) in [6.07, 6.45) is 2.77. The third kappa shape index (κ3) is 4.49. The van der Waals surface area contributed by atoms with Crippen LogP contribution in [0.25, 0.3) is 6.08 Å². The molecule has 0 unspecified atom stereocenters. The van der Waals surface area contributed by atoms with Gasteiger partial charge in [0.2, 0.25) is 5.91 Å². The highest BCUT2D eigenvalue weighted by Crippen LogP contribution is 2.61. The zero-order valence-electron chi connectivity index (χ0n) is 22.7. The number of aromatic hydroxyl groups is 1. The maximum atomic E-state index is 13.2. The zero-order valence-corrected chi connectivity index (χ0v) is 22.7. The smallest absolute Gasteiger partial charge is 0.416 e. The fraction of sp³-hybridized carbons (Fsp3) is 0.452. The number of methoxy groups -OCH3 is 1. The molecule has 214 valence electrons. The van der Waals surface area contributed by atoms with Crippen molar-refractivity contribution in [2.24, 2.45) is 0 Å². The van der Waals surface area contributed by atoms with Gasteiger partial charge in [0.1, 0.15) is 0 Å². The van der Waals surface area contributed by atoms with E-state index in [1.54, 1.807) is 18.0 Å². The lowest BCUT2D eigenvalue weighted by Gasteiger charge is -2.65. The topological polar surface area (TPSA) is 73.2 Å². The molecule has 0 radical (unpaired) electrons. The van der Waals surface area contributed by atoms with E-state index in [0.29, 0.717) is 44.4 Å². The number of nitrogens with zero attached hydrogens (tertiary/aromatic N) is 2. The molecule has 0 spiro atoms. The first-order chi connectivity index (χ1) is 18.9. The lowest BCUT2D eigenvalue weighted by atomic mass is 9.48. The number of rotatable bonds is 6. The van der Waals surface area contributed by atoms with Gasteiger partial charge in [0.15, 0.2) is 11.5 Å². The van der Waals surface area contributed by atoms with Crippen molar-refractivity contribution in [3.63, 3.8) is 0 Å². The van der Waals surface area contributed by atoms with Gasteiger partial charge in [0.05, 0.1) is 18.3 Å². The number of carbonyl (C=O) groups excluding carboxylic acids is 1. The number of hydrogen-bond acceptors (Lipinski definition) is 5. The first-order valence-electron chi connectivity index (χ1n) is 13.5. The number of piperidine rings is 1. The predicted octanol–water partition coefficient (Wildman–Crippen LogP) is 4.93. The van der Waals surface area contributed by atoms with Gasteiger partial charge in [0, 0.05) is 42.7 Å². The second-order valence-electron chi connectivity index (χ2n) is 11.2. The maximum absolute atomic E-state index is 13.2. The van der Waals surface area contributed by atoms with Crippen LogP contribution < -0.4 is 4.74 Å². The minimum atomic E-state index is -4.46. The largest absolute Gasteiger partial charge is 0.504 e. The van der Waals surface area contributed by atoms with Crippen molar-refractivity contribution in [3.8, 4) is 11.5 Å². The van der Waals surface area contributed by atoms with Crippen LogP contribution in [-0.4, -0.2) is 70.9 Å². The number of alkyl halides is 3.